The molecule has 0 aliphatic rings. The van der Waals surface area contributed by atoms with Gasteiger partial charge in [0, 0.05) is 6.42 Å². The van der Waals surface area contributed by atoms with Crippen LogP contribution in [-0.2, 0) is 6.42 Å². The zero-order valence-corrected chi connectivity index (χ0v) is 11.4. The molecule has 86 valence electrons. The average molecular weight is 301 g/mol. The fourth-order valence-corrected chi connectivity index (χ4v) is 2.86. The van der Waals surface area contributed by atoms with Crippen LogP contribution in [0.5, 0.6) is 0 Å². The number of rotatable bonds is 4. The van der Waals surface area contributed by atoms with E-state index >= 15 is 0 Å². The number of aromatic nitrogens is 1. The predicted molar refractivity (Wildman–Crippen MR) is 69.6 cm³/mol. The molecule has 0 spiro atoms. The van der Waals surface area contributed by atoms with Crippen molar-refractivity contribution in [1.82, 2.24) is 4.98 Å². The van der Waals surface area contributed by atoms with Gasteiger partial charge in [-0.15, -0.1) is 11.3 Å². The summed E-state index contributed by atoms with van der Waals surface area (Å²) in [5.41, 5.74) is 6.67. The molecule has 2 N–H and O–H groups in total. The van der Waals surface area contributed by atoms with Gasteiger partial charge in [-0.3, -0.25) is 0 Å². The van der Waals surface area contributed by atoms with Crippen LogP contribution < -0.4 is 5.73 Å². The molecule has 0 aliphatic carbocycles. The number of nitrogens with zero attached hydrogens (tertiary/aromatic N) is 1. The van der Waals surface area contributed by atoms with E-state index in [4.69, 9.17) is 10.2 Å². The number of hydrogen-bond donors (Lipinski definition) is 1. The Morgan fingerprint density at radius 2 is 2.38 bits per heavy atom. The van der Waals surface area contributed by atoms with E-state index in [-0.39, 0.29) is 0 Å². The molecule has 0 saturated carbocycles. The quantitative estimate of drug-likeness (QED) is 0.942. The molecule has 0 atom stereocenters. The maximum Gasteiger partial charge on any atom is 0.194 e. The Balaban J connectivity index is 2.18. The van der Waals surface area contributed by atoms with E-state index in [0.717, 1.165) is 33.2 Å². The van der Waals surface area contributed by atoms with Crippen LogP contribution in [0.25, 0.3) is 10.6 Å². The fraction of sp³-hybridized carbons (Fsp3) is 0.364. The minimum Gasteiger partial charge on any atom is -0.440 e. The van der Waals surface area contributed by atoms with Crippen molar-refractivity contribution in [3.63, 3.8) is 0 Å². The van der Waals surface area contributed by atoms with Gasteiger partial charge in [-0.05, 0) is 47.4 Å². The van der Waals surface area contributed by atoms with E-state index < -0.39 is 0 Å². The van der Waals surface area contributed by atoms with E-state index in [1.165, 1.54) is 5.56 Å². The first-order valence-corrected chi connectivity index (χ1v) is 6.72. The highest BCUT2D eigenvalue weighted by atomic mass is 79.9. The topological polar surface area (TPSA) is 52.0 Å². The molecule has 0 saturated heterocycles. The van der Waals surface area contributed by atoms with Crippen molar-refractivity contribution in [1.29, 1.82) is 0 Å². The third kappa shape index (κ3) is 2.53. The monoisotopic (exact) mass is 300 g/mol. The lowest BCUT2D eigenvalue weighted by atomic mass is 10.3. The molecule has 16 heavy (non-hydrogen) atoms. The second-order valence-electron chi connectivity index (χ2n) is 3.58. The van der Waals surface area contributed by atoms with Crippen LogP contribution in [0.2, 0.25) is 0 Å². The van der Waals surface area contributed by atoms with Crippen LogP contribution >= 0.6 is 27.3 Å². The van der Waals surface area contributed by atoms with Crippen LogP contribution in [0.4, 0.5) is 0 Å². The number of nitrogens with two attached hydrogens (primary N) is 1. The van der Waals surface area contributed by atoms with Gasteiger partial charge in [0.15, 0.2) is 11.7 Å². The van der Waals surface area contributed by atoms with Gasteiger partial charge < -0.3 is 10.2 Å². The summed E-state index contributed by atoms with van der Waals surface area (Å²) in [4.78, 5) is 5.35. The third-order valence-electron chi connectivity index (χ3n) is 2.25. The second kappa shape index (κ2) is 5.12. The molecule has 0 amide bonds. The summed E-state index contributed by atoms with van der Waals surface area (Å²) in [5.74, 6) is 1.61. The molecule has 0 radical (unpaired) electrons. The highest BCUT2D eigenvalue weighted by Crippen LogP contribution is 2.34. The summed E-state index contributed by atoms with van der Waals surface area (Å²) in [7, 11) is 0. The van der Waals surface area contributed by atoms with Crippen molar-refractivity contribution in [3.05, 3.63) is 27.5 Å². The van der Waals surface area contributed by atoms with Gasteiger partial charge in [-0.2, -0.15) is 0 Å². The number of hydrogen-bond acceptors (Lipinski definition) is 4. The summed E-state index contributed by atoms with van der Waals surface area (Å²) in [5, 5.41) is 0. The number of oxazole rings is 1. The van der Waals surface area contributed by atoms with Gasteiger partial charge in [0.25, 0.3) is 0 Å². The molecule has 5 heteroatoms. The zero-order valence-electron chi connectivity index (χ0n) is 9.00. The van der Waals surface area contributed by atoms with Crippen molar-refractivity contribution >= 4 is 27.3 Å². The van der Waals surface area contributed by atoms with Gasteiger partial charge in [-0.1, -0.05) is 0 Å². The van der Waals surface area contributed by atoms with Crippen molar-refractivity contribution in [2.24, 2.45) is 5.73 Å². The molecule has 3 nitrogen and oxygen atoms in total. The maximum absolute atomic E-state index is 5.66. The Bertz CT molecular complexity index is 459. The summed E-state index contributed by atoms with van der Waals surface area (Å²) < 4.78 is 6.80. The first-order valence-electron chi connectivity index (χ1n) is 5.12. The van der Waals surface area contributed by atoms with Crippen LogP contribution in [0.3, 0.4) is 0 Å². The molecular weight excluding hydrogens is 288 g/mol. The molecule has 0 unspecified atom stereocenters. The van der Waals surface area contributed by atoms with Gasteiger partial charge in [0.05, 0.1) is 14.9 Å². The SMILES string of the molecule is Cc1cc(-c2cnc(CCCN)o2)sc1Br. The average Bonchev–Trinajstić information content (AvgIpc) is 2.84. The Morgan fingerprint density at radius 3 is 3.00 bits per heavy atom. The van der Waals surface area contributed by atoms with Gasteiger partial charge in [0.1, 0.15) is 0 Å². The molecule has 2 aromatic rings. The molecule has 0 fully saturated rings. The number of halogens is 1. The largest absolute Gasteiger partial charge is 0.440 e. The van der Waals surface area contributed by atoms with Crippen molar-refractivity contribution in [2.75, 3.05) is 6.54 Å². The Hall–Kier alpha value is -0.650. The third-order valence-corrected chi connectivity index (χ3v) is 4.40. The summed E-state index contributed by atoms with van der Waals surface area (Å²) in [6.07, 6.45) is 3.50. The molecular formula is C11H13BrN2OS. The van der Waals surface area contributed by atoms with E-state index in [9.17, 15) is 0 Å². The van der Waals surface area contributed by atoms with Crippen molar-refractivity contribution in [2.45, 2.75) is 19.8 Å². The minimum atomic E-state index is 0.668. The Labute approximate surface area is 107 Å². The van der Waals surface area contributed by atoms with Crippen LogP contribution in [0.15, 0.2) is 20.5 Å². The normalized spacial score (nSPS) is 10.9. The maximum atomic E-state index is 5.66. The van der Waals surface area contributed by atoms with Crippen molar-refractivity contribution in [3.8, 4) is 10.6 Å². The molecule has 2 heterocycles. The van der Waals surface area contributed by atoms with E-state index in [1.807, 2.05) is 0 Å². The minimum absolute atomic E-state index is 0.668. The van der Waals surface area contributed by atoms with Crippen LogP contribution in [-0.4, -0.2) is 11.5 Å². The Morgan fingerprint density at radius 1 is 1.56 bits per heavy atom. The lowest BCUT2D eigenvalue weighted by Crippen LogP contribution is -2.00. The van der Waals surface area contributed by atoms with E-state index in [0.29, 0.717) is 6.54 Å². The van der Waals surface area contributed by atoms with Crippen molar-refractivity contribution < 1.29 is 4.42 Å². The fourth-order valence-electron chi connectivity index (χ4n) is 1.37. The summed E-state index contributed by atoms with van der Waals surface area (Å²) in [6, 6.07) is 2.10. The van der Waals surface area contributed by atoms with E-state index in [2.05, 4.69) is 33.9 Å². The number of aryl methyl sites for hydroxylation is 2. The smallest absolute Gasteiger partial charge is 0.194 e. The van der Waals surface area contributed by atoms with Gasteiger partial charge in [0.2, 0.25) is 0 Å². The second-order valence-corrected chi connectivity index (χ2v) is 5.95. The Kier molecular flexibility index (Phi) is 3.78. The standard InChI is InChI=1S/C11H13BrN2OS/c1-7-5-9(16-11(7)12)8-6-14-10(15-8)3-2-4-13/h5-6H,2-4,13H2,1H3. The summed E-state index contributed by atoms with van der Waals surface area (Å²) >= 11 is 5.16. The lowest BCUT2D eigenvalue weighted by molar-refractivity contribution is 0.500. The van der Waals surface area contributed by atoms with Gasteiger partial charge >= 0.3 is 0 Å². The molecule has 0 bridgehead atoms. The van der Waals surface area contributed by atoms with Gasteiger partial charge in [-0.25, -0.2) is 4.98 Å². The molecule has 2 rings (SSSR count). The molecule has 0 aliphatic heterocycles. The molecule has 0 aromatic carbocycles. The predicted octanol–water partition coefficient (Wildman–Crippen LogP) is 3.37. The lowest BCUT2D eigenvalue weighted by Gasteiger charge is -1.91. The van der Waals surface area contributed by atoms with Crippen LogP contribution in [0, 0.1) is 6.92 Å². The zero-order chi connectivity index (χ0) is 11.5. The number of thiophene rings is 1. The summed E-state index contributed by atoms with van der Waals surface area (Å²) in [6.45, 7) is 2.73. The highest BCUT2D eigenvalue weighted by Gasteiger charge is 2.10. The van der Waals surface area contributed by atoms with E-state index in [1.54, 1.807) is 17.5 Å². The first-order chi connectivity index (χ1) is 7.70. The first kappa shape index (κ1) is 11.8. The van der Waals surface area contributed by atoms with Crippen LogP contribution in [0.1, 0.15) is 17.9 Å². The molecule has 2 aromatic heterocycles. The highest BCUT2D eigenvalue weighted by molar-refractivity contribution is 9.11.